The Morgan fingerprint density at radius 2 is 2.23 bits per heavy atom. The molecule has 0 bridgehead atoms. The molecule has 4 heteroatoms. The lowest BCUT2D eigenvalue weighted by Crippen LogP contribution is -2.27. The fraction of sp³-hybridized carbons (Fsp3) is 0.889. The van der Waals surface area contributed by atoms with Crippen LogP contribution < -0.4 is 5.73 Å². The first-order valence-electron chi connectivity index (χ1n) is 4.62. The number of ether oxygens (including phenoxy) is 2. The van der Waals surface area contributed by atoms with E-state index in [1.807, 2.05) is 0 Å². The van der Waals surface area contributed by atoms with E-state index in [-0.39, 0.29) is 18.1 Å². The molecule has 0 aliphatic heterocycles. The number of rotatable bonds is 3. The lowest BCUT2D eigenvalue weighted by Gasteiger charge is -2.16. The predicted molar refractivity (Wildman–Crippen MR) is 48.2 cm³/mol. The molecule has 1 aliphatic rings. The Labute approximate surface area is 78.4 Å². The summed E-state index contributed by atoms with van der Waals surface area (Å²) in [5, 5.41) is 0. The van der Waals surface area contributed by atoms with Crippen molar-refractivity contribution in [3.63, 3.8) is 0 Å². The molecule has 0 aromatic heterocycles. The van der Waals surface area contributed by atoms with E-state index in [1.165, 1.54) is 7.11 Å². The number of carbonyl (C=O) groups is 1. The summed E-state index contributed by atoms with van der Waals surface area (Å²) >= 11 is 0. The molecule has 3 atom stereocenters. The molecule has 3 unspecified atom stereocenters. The van der Waals surface area contributed by atoms with Crippen LogP contribution in [0.1, 0.15) is 26.2 Å². The fourth-order valence-electron chi connectivity index (χ4n) is 1.61. The van der Waals surface area contributed by atoms with Gasteiger partial charge in [-0.05, 0) is 26.2 Å². The summed E-state index contributed by atoms with van der Waals surface area (Å²) in [7, 11) is 1.36. The third kappa shape index (κ3) is 2.97. The average Bonchev–Trinajstić information content (AvgIpc) is 2.49. The van der Waals surface area contributed by atoms with Crippen LogP contribution in [0.3, 0.4) is 0 Å². The first-order chi connectivity index (χ1) is 6.13. The molecule has 76 valence electrons. The molecular formula is C9H17NO3. The molecule has 1 fully saturated rings. The highest BCUT2D eigenvalue weighted by atomic mass is 16.6. The van der Waals surface area contributed by atoms with E-state index in [2.05, 4.69) is 4.74 Å². The van der Waals surface area contributed by atoms with Crippen LogP contribution in [0.15, 0.2) is 0 Å². The van der Waals surface area contributed by atoms with Crippen molar-refractivity contribution in [2.45, 2.75) is 44.4 Å². The molecule has 0 aromatic carbocycles. The number of carbonyl (C=O) groups excluding carboxylic acids is 1. The van der Waals surface area contributed by atoms with Gasteiger partial charge >= 0.3 is 5.97 Å². The molecule has 0 aromatic rings. The monoisotopic (exact) mass is 187 g/mol. The molecule has 1 saturated carbocycles. The van der Waals surface area contributed by atoms with Gasteiger partial charge < -0.3 is 15.2 Å². The van der Waals surface area contributed by atoms with E-state index in [4.69, 9.17) is 10.5 Å². The zero-order valence-electron chi connectivity index (χ0n) is 8.16. The minimum atomic E-state index is -0.472. The molecule has 4 nitrogen and oxygen atoms in total. The lowest BCUT2D eigenvalue weighted by molar-refractivity contribution is -0.156. The van der Waals surface area contributed by atoms with Gasteiger partial charge in [-0.25, -0.2) is 4.79 Å². The van der Waals surface area contributed by atoms with Crippen molar-refractivity contribution < 1.29 is 14.3 Å². The Balaban J connectivity index is 2.28. The van der Waals surface area contributed by atoms with Crippen LogP contribution in [0.25, 0.3) is 0 Å². The summed E-state index contributed by atoms with van der Waals surface area (Å²) in [6.07, 6.45) is 2.44. The first kappa shape index (κ1) is 10.5. The second kappa shape index (κ2) is 4.58. The zero-order chi connectivity index (χ0) is 9.84. The third-order valence-electron chi connectivity index (χ3n) is 2.35. The van der Waals surface area contributed by atoms with Gasteiger partial charge in [0.15, 0.2) is 6.10 Å². The molecular weight excluding hydrogens is 170 g/mol. The Bertz CT molecular complexity index is 184. The van der Waals surface area contributed by atoms with E-state index in [9.17, 15) is 4.79 Å². The lowest BCUT2D eigenvalue weighted by atomic mass is 10.3. The average molecular weight is 187 g/mol. The number of methoxy groups -OCH3 is 1. The van der Waals surface area contributed by atoms with Crippen LogP contribution >= 0.6 is 0 Å². The van der Waals surface area contributed by atoms with Crippen molar-refractivity contribution in [1.29, 1.82) is 0 Å². The van der Waals surface area contributed by atoms with Gasteiger partial charge in [-0.15, -0.1) is 0 Å². The molecule has 0 heterocycles. The Kier molecular flexibility index (Phi) is 3.69. The quantitative estimate of drug-likeness (QED) is 0.651. The standard InChI is InChI=1S/C9H17NO3/c1-6(9(11)12-2)13-8-4-3-7(10)5-8/h6-8H,3-5,10H2,1-2H3. The van der Waals surface area contributed by atoms with Gasteiger partial charge in [0.25, 0.3) is 0 Å². The highest BCUT2D eigenvalue weighted by molar-refractivity contribution is 5.73. The second-order valence-corrected chi connectivity index (χ2v) is 3.50. The number of nitrogens with two attached hydrogens (primary N) is 1. The van der Waals surface area contributed by atoms with Gasteiger partial charge in [0, 0.05) is 6.04 Å². The molecule has 0 amide bonds. The van der Waals surface area contributed by atoms with Crippen LogP contribution in [0.2, 0.25) is 0 Å². The Morgan fingerprint density at radius 1 is 1.54 bits per heavy atom. The molecule has 2 N–H and O–H groups in total. The predicted octanol–water partition coefficient (Wildman–Crippen LogP) is 0.444. The zero-order valence-corrected chi connectivity index (χ0v) is 8.16. The van der Waals surface area contributed by atoms with Gasteiger partial charge in [0.2, 0.25) is 0 Å². The van der Waals surface area contributed by atoms with Crippen molar-refractivity contribution in [2.75, 3.05) is 7.11 Å². The Morgan fingerprint density at radius 3 is 2.69 bits per heavy atom. The van der Waals surface area contributed by atoms with E-state index in [0.717, 1.165) is 19.3 Å². The van der Waals surface area contributed by atoms with Crippen molar-refractivity contribution in [3.05, 3.63) is 0 Å². The maximum Gasteiger partial charge on any atom is 0.334 e. The van der Waals surface area contributed by atoms with Gasteiger partial charge in [0.1, 0.15) is 0 Å². The van der Waals surface area contributed by atoms with Crippen molar-refractivity contribution in [3.8, 4) is 0 Å². The first-order valence-corrected chi connectivity index (χ1v) is 4.62. The number of hydrogen-bond acceptors (Lipinski definition) is 4. The Hall–Kier alpha value is -0.610. The molecule has 0 saturated heterocycles. The van der Waals surface area contributed by atoms with Crippen LogP contribution in [0, 0.1) is 0 Å². The van der Waals surface area contributed by atoms with Gasteiger partial charge in [-0.1, -0.05) is 0 Å². The number of esters is 1. The molecule has 0 radical (unpaired) electrons. The highest BCUT2D eigenvalue weighted by Crippen LogP contribution is 2.21. The molecule has 13 heavy (non-hydrogen) atoms. The van der Waals surface area contributed by atoms with Crippen molar-refractivity contribution in [2.24, 2.45) is 5.73 Å². The molecule has 1 rings (SSSR count). The summed E-state index contributed by atoms with van der Waals surface area (Å²) in [6, 6.07) is 0.231. The van der Waals surface area contributed by atoms with Crippen LogP contribution in [-0.2, 0) is 14.3 Å². The maximum atomic E-state index is 11.0. The summed E-state index contributed by atoms with van der Waals surface area (Å²) in [6.45, 7) is 1.70. The van der Waals surface area contributed by atoms with E-state index in [0.29, 0.717) is 0 Å². The van der Waals surface area contributed by atoms with Crippen LogP contribution in [0.4, 0.5) is 0 Å². The van der Waals surface area contributed by atoms with Gasteiger partial charge in [-0.2, -0.15) is 0 Å². The normalized spacial score (nSPS) is 30.1. The van der Waals surface area contributed by atoms with E-state index < -0.39 is 6.10 Å². The minimum absolute atomic E-state index is 0.129. The van der Waals surface area contributed by atoms with Crippen LogP contribution in [-0.4, -0.2) is 31.3 Å². The SMILES string of the molecule is COC(=O)C(C)OC1CCC(N)C1. The fourth-order valence-corrected chi connectivity index (χ4v) is 1.61. The summed E-state index contributed by atoms with van der Waals surface area (Å²) in [5.41, 5.74) is 5.71. The summed E-state index contributed by atoms with van der Waals surface area (Å²) in [4.78, 5) is 11.0. The second-order valence-electron chi connectivity index (χ2n) is 3.50. The van der Waals surface area contributed by atoms with Gasteiger partial charge in [-0.3, -0.25) is 0 Å². The molecule has 1 aliphatic carbocycles. The maximum absolute atomic E-state index is 11.0. The summed E-state index contributed by atoms with van der Waals surface area (Å²) in [5.74, 6) is -0.319. The van der Waals surface area contributed by atoms with E-state index >= 15 is 0 Å². The molecule has 0 spiro atoms. The number of hydrogen-bond donors (Lipinski definition) is 1. The minimum Gasteiger partial charge on any atom is -0.467 e. The highest BCUT2D eigenvalue weighted by Gasteiger charge is 2.26. The largest absolute Gasteiger partial charge is 0.467 e. The smallest absolute Gasteiger partial charge is 0.334 e. The summed E-state index contributed by atoms with van der Waals surface area (Å²) < 4.78 is 10.0. The van der Waals surface area contributed by atoms with Gasteiger partial charge in [0.05, 0.1) is 13.2 Å². The third-order valence-corrected chi connectivity index (χ3v) is 2.35. The van der Waals surface area contributed by atoms with E-state index in [1.54, 1.807) is 6.92 Å². The topological polar surface area (TPSA) is 61.5 Å². The van der Waals surface area contributed by atoms with Crippen molar-refractivity contribution in [1.82, 2.24) is 0 Å². The van der Waals surface area contributed by atoms with Crippen molar-refractivity contribution >= 4 is 5.97 Å². The van der Waals surface area contributed by atoms with Crippen LogP contribution in [0.5, 0.6) is 0 Å².